The Labute approximate surface area is 105 Å². The van der Waals surface area contributed by atoms with Crippen LogP contribution in [0, 0.1) is 0 Å². The van der Waals surface area contributed by atoms with Gasteiger partial charge in [0.15, 0.2) is 0 Å². The summed E-state index contributed by atoms with van der Waals surface area (Å²) in [7, 11) is 0. The van der Waals surface area contributed by atoms with E-state index >= 15 is 0 Å². The third-order valence-electron chi connectivity index (χ3n) is 2.33. The van der Waals surface area contributed by atoms with Crippen LogP contribution in [0.5, 0.6) is 0 Å². The van der Waals surface area contributed by atoms with Crippen LogP contribution in [0.2, 0.25) is 0 Å². The molecule has 2 amide bonds. The maximum atomic E-state index is 11.4. The summed E-state index contributed by atoms with van der Waals surface area (Å²) in [6, 6.07) is -0.898. The first-order chi connectivity index (χ1) is 8.49. The minimum absolute atomic E-state index is 0.00882. The predicted molar refractivity (Wildman–Crippen MR) is 62.8 cm³/mol. The van der Waals surface area contributed by atoms with Crippen molar-refractivity contribution in [2.45, 2.75) is 44.7 Å². The van der Waals surface area contributed by atoms with Gasteiger partial charge in [0.25, 0.3) is 0 Å². The number of carbonyl (C=O) groups is 4. The Hall–Kier alpha value is -1.92. The molecule has 2 unspecified atom stereocenters. The van der Waals surface area contributed by atoms with E-state index in [9.17, 15) is 19.2 Å². The van der Waals surface area contributed by atoms with E-state index in [-0.39, 0.29) is 31.2 Å². The highest BCUT2D eigenvalue weighted by Gasteiger charge is 2.12. The molecule has 0 rings (SSSR count). The summed E-state index contributed by atoms with van der Waals surface area (Å²) >= 11 is 0. The molecule has 7 heteroatoms. The standard InChI is InChI=1S/C11H18N2O5/c1-8(2-5-11(17)18)13-10(16)4-3-9(6-14)12-7-15/h6-9H,2-5H2,1H3,(H,12,15)(H,13,16)(H,17,18). The van der Waals surface area contributed by atoms with E-state index in [4.69, 9.17) is 5.11 Å². The number of nitrogens with one attached hydrogen (secondary N) is 2. The molecule has 102 valence electrons. The first-order valence-electron chi connectivity index (χ1n) is 5.65. The molecule has 0 aromatic heterocycles. The largest absolute Gasteiger partial charge is 0.481 e. The summed E-state index contributed by atoms with van der Waals surface area (Å²) in [6.07, 6.45) is 1.64. The molecule has 0 bridgehead atoms. The summed E-state index contributed by atoms with van der Waals surface area (Å²) in [5.74, 6) is -1.18. The number of rotatable bonds is 10. The molecule has 0 spiro atoms. The second kappa shape index (κ2) is 9.15. The van der Waals surface area contributed by atoms with Gasteiger partial charge >= 0.3 is 5.97 Å². The van der Waals surface area contributed by atoms with Gasteiger partial charge in [-0.1, -0.05) is 0 Å². The number of aldehydes is 1. The van der Waals surface area contributed by atoms with E-state index in [2.05, 4.69) is 10.6 Å². The van der Waals surface area contributed by atoms with Gasteiger partial charge in [0.1, 0.15) is 6.29 Å². The van der Waals surface area contributed by atoms with Crippen molar-refractivity contribution >= 4 is 24.6 Å². The van der Waals surface area contributed by atoms with E-state index in [1.807, 2.05) is 0 Å². The van der Waals surface area contributed by atoms with E-state index in [1.54, 1.807) is 6.92 Å². The molecule has 3 N–H and O–H groups in total. The molecular weight excluding hydrogens is 240 g/mol. The van der Waals surface area contributed by atoms with Gasteiger partial charge in [-0.15, -0.1) is 0 Å². The molecule has 0 heterocycles. The molecule has 0 radical (unpaired) electrons. The number of carboxylic acid groups (broad SMARTS) is 1. The van der Waals surface area contributed by atoms with Gasteiger partial charge < -0.3 is 20.5 Å². The van der Waals surface area contributed by atoms with Crippen molar-refractivity contribution in [1.82, 2.24) is 10.6 Å². The number of amides is 2. The lowest BCUT2D eigenvalue weighted by Gasteiger charge is -2.13. The summed E-state index contributed by atoms with van der Waals surface area (Å²) < 4.78 is 0. The van der Waals surface area contributed by atoms with Crippen LogP contribution in [-0.2, 0) is 19.2 Å². The molecular formula is C11H18N2O5. The van der Waals surface area contributed by atoms with E-state index in [1.165, 1.54) is 0 Å². The average Bonchev–Trinajstić information content (AvgIpc) is 2.31. The van der Waals surface area contributed by atoms with Gasteiger partial charge in [0.2, 0.25) is 12.3 Å². The van der Waals surface area contributed by atoms with Gasteiger partial charge in [-0.05, 0) is 19.8 Å². The van der Waals surface area contributed by atoms with Crippen LogP contribution in [0.4, 0.5) is 0 Å². The molecule has 7 nitrogen and oxygen atoms in total. The van der Waals surface area contributed by atoms with Crippen molar-refractivity contribution in [3.8, 4) is 0 Å². The van der Waals surface area contributed by atoms with Crippen molar-refractivity contribution < 1.29 is 24.3 Å². The van der Waals surface area contributed by atoms with E-state index in [0.717, 1.165) is 0 Å². The summed E-state index contributed by atoms with van der Waals surface area (Å²) in [4.78, 5) is 42.4. The Morgan fingerprint density at radius 1 is 1.22 bits per heavy atom. The highest BCUT2D eigenvalue weighted by atomic mass is 16.4. The zero-order valence-electron chi connectivity index (χ0n) is 10.2. The van der Waals surface area contributed by atoms with Gasteiger partial charge in [0.05, 0.1) is 6.04 Å². The molecule has 0 aliphatic rings. The summed E-state index contributed by atoms with van der Waals surface area (Å²) in [5, 5.41) is 13.4. The SMILES string of the molecule is CC(CCC(=O)O)NC(=O)CCC(C=O)NC=O. The lowest BCUT2D eigenvalue weighted by Crippen LogP contribution is -2.35. The lowest BCUT2D eigenvalue weighted by molar-refractivity contribution is -0.137. The first kappa shape index (κ1) is 16.1. The van der Waals surface area contributed by atoms with E-state index in [0.29, 0.717) is 19.1 Å². The Morgan fingerprint density at radius 2 is 1.89 bits per heavy atom. The third kappa shape index (κ3) is 8.26. The van der Waals surface area contributed by atoms with Crippen LogP contribution in [-0.4, -0.2) is 41.8 Å². The first-order valence-corrected chi connectivity index (χ1v) is 5.65. The highest BCUT2D eigenvalue weighted by molar-refractivity contribution is 5.77. The third-order valence-corrected chi connectivity index (χ3v) is 2.33. The van der Waals surface area contributed by atoms with Crippen LogP contribution in [0.15, 0.2) is 0 Å². The van der Waals surface area contributed by atoms with Gasteiger partial charge in [-0.25, -0.2) is 0 Å². The zero-order chi connectivity index (χ0) is 14.0. The lowest BCUT2D eigenvalue weighted by atomic mass is 10.1. The molecule has 0 saturated carbocycles. The normalized spacial score (nSPS) is 13.2. The van der Waals surface area contributed by atoms with Crippen LogP contribution in [0.1, 0.15) is 32.6 Å². The smallest absolute Gasteiger partial charge is 0.303 e. The number of carboxylic acids is 1. The van der Waals surface area contributed by atoms with Crippen molar-refractivity contribution in [2.75, 3.05) is 0 Å². The number of hydrogen-bond donors (Lipinski definition) is 3. The van der Waals surface area contributed by atoms with Gasteiger partial charge in [-0.3, -0.25) is 14.4 Å². The fourth-order valence-electron chi connectivity index (χ4n) is 1.32. The average molecular weight is 258 g/mol. The highest BCUT2D eigenvalue weighted by Crippen LogP contribution is 1.99. The van der Waals surface area contributed by atoms with E-state index < -0.39 is 12.0 Å². The topological polar surface area (TPSA) is 113 Å². The molecule has 2 atom stereocenters. The van der Waals surface area contributed by atoms with Gasteiger partial charge in [-0.2, -0.15) is 0 Å². The molecule has 18 heavy (non-hydrogen) atoms. The Balaban J connectivity index is 3.85. The summed E-state index contributed by atoms with van der Waals surface area (Å²) in [6.45, 7) is 1.71. The fourth-order valence-corrected chi connectivity index (χ4v) is 1.32. The minimum Gasteiger partial charge on any atom is -0.481 e. The maximum absolute atomic E-state index is 11.4. The van der Waals surface area contributed by atoms with Crippen LogP contribution in [0.25, 0.3) is 0 Å². The molecule has 0 aromatic carbocycles. The molecule has 0 saturated heterocycles. The Morgan fingerprint density at radius 3 is 2.39 bits per heavy atom. The molecule has 0 fully saturated rings. The second-order valence-corrected chi connectivity index (χ2v) is 3.97. The van der Waals surface area contributed by atoms with Crippen molar-refractivity contribution in [1.29, 1.82) is 0 Å². The fraction of sp³-hybridized carbons (Fsp3) is 0.636. The van der Waals surface area contributed by atoms with Crippen LogP contribution < -0.4 is 10.6 Å². The maximum Gasteiger partial charge on any atom is 0.303 e. The zero-order valence-corrected chi connectivity index (χ0v) is 10.2. The number of hydrogen-bond acceptors (Lipinski definition) is 4. The monoisotopic (exact) mass is 258 g/mol. The molecule has 0 aliphatic heterocycles. The van der Waals surface area contributed by atoms with Crippen molar-refractivity contribution in [2.24, 2.45) is 0 Å². The molecule has 0 aliphatic carbocycles. The Kier molecular flexibility index (Phi) is 8.17. The quantitative estimate of drug-likeness (QED) is 0.455. The van der Waals surface area contributed by atoms with Crippen molar-refractivity contribution in [3.63, 3.8) is 0 Å². The second-order valence-electron chi connectivity index (χ2n) is 3.97. The van der Waals surface area contributed by atoms with Crippen LogP contribution in [0.3, 0.4) is 0 Å². The van der Waals surface area contributed by atoms with Crippen molar-refractivity contribution in [3.05, 3.63) is 0 Å². The minimum atomic E-state index is -0.910. The Bertz CT molecular complexity index is 306. The predicted octanol–water partition coefficient (Wildman–Crippen LogP) is -0.550. The molecule has 0 aromatic rings. The summed E-state index contributed by atoms with van der Waals surface area (Å²) in [5.41, 5.74) is 0. The van der Waals surface area contributed by atoms with Gasteiger partial charge in [0, 0.05) is 18.9 Å². The number of aliphatic carboxylic acids is 1. The van der Waals surface area contributed by atoms with Crippen LogP contribution >= 0.6 is 0 Å². The number of carbonyl (C=O) groups excluding carboxylic acids is 3.